The van der Waals surface area contributed by atoms with Crippen molar-refractivity contribution in [3.8, 4) is 28.4 Å². The Bertz CT molecular complexity index is 1020. The van der Waals surface area contributed by atoms with Crippen LogP contribution in [0, 0.1) is 5.92 Å². The fourth-order valence-electron chi connectivity index (χ4n) is 3.25. The van der Waals surface area contributed by atoms with E-state index in [1.54, 1.807) is 36.4 Å². The van der Waals surface area contributed by atoms with E-state index in [1.807, 2.05) is 42.5 Å². The van der Waals surface area contributed by atoms with Crippen molar-refractivity contribution in [1.29, 1.82) is 0 Å². The summed E-state index contributed by atoms with van der Waals surface area (Å²) < 4.78 is 17.1. The van der Waals surface area contributed by atoms with Gasteiger partial charge < -0.3 is 14.2 Å². The van der Waals surface area contributed by atoms with Crippen LogP contribution in [0.1, 0.15) is 49.9 Å². The lowest BCUT2D eigenvalue weighted by Gasteiger charge is -2.11. The summed E-state index contributed by atoms with van der Waals surface area (Å²) in [7, 11) is 0. The zero-order valence-electron chi connectivity index (χ0n) is 20.2. The fourth-order valence-corrected chi connectivity index (χ4v) is 3.25. The molecule has 3 aromatic rings. The minimum atomic E-state index is -0.395. The van der Waals surface area contributed by atoms with Crippen molar-refractivity contribution in [2.24, 2.45) is 5.92 Å². The largest absolute Gasteiger partial charge is 0.494 e. The smallest absolute Gasteiger partial charge is 0.343 e. The van der Waals surface area contributed by atoms with E-state index in [9.17, 15) is 4.79 Å². The van der Waals surface area contributed by atoms with E-state index < -0.39 is 5.97 Å². The maximum atomic E-state index is 12.5. The Balaban J connectivity index is 1.51. The molecule has 0 spiro atoms. The first kappa shape index (κ1) is 25.1. The monoisotopic (exact) mass is 458 g/mol. The molecular formula is C30H34O4. The number of hydrogen-bond acceptors (Lipinski definition) is 4. The number of esters is 1. The molecule has 3 aromatic carbocycles. The Morgan fingerprint density at radius 2 is 1.38 bits per heavy atom. The number of allylic oxidation sites excluding steroid dienone is 1. The molecule has 1 atom stereocenters. The second kappa shape index (κ2) is 13.2. The summed E-state index contributed by atoms with van der Waals surface area (Å²) in [6, 6.07) is 22.6. The predicted molar refractivity (Wildman–Crippen MR) is 138 cm³/mol. The van der Waals surface area contributed by atoms with Gasteiger partial charge in [0, 0.05) is 0 Å². The summed E-state index contributed by atoms with van der Waals surface area (Å²) >= 11 is 0. The Labute approximate surface area is 203 Å². The van der Waals surface area contributed by atoms with Gasteiger partial charge in [-0.2, -0.15) is 0 Å². The number of benzene rings is 3. The third kappa shape index (κ3) is 7.80. The van der Waals surface area contributed by atoms with Crippen molar-refractivity contribution in [2.75, 3.05) is 13.2 Å². The molecule has 0 aromatic heterocycles. The molecule has 4 heteroatoms. The van der Waals surface area contributed by atoms with Gasteiger partial charge in [-0.25, -0.2) is 4.79 Å². The number of carbonyl (C=O) groups is 1. The van der Waals surface area contributed by atoms with Crippen LogP contribution in [0.5, 0.6) is 17.2 Å². The molecule has 3 rings (SSSR count). The van der Waals surface area contributed by atoms with Gasteiger partial charge in [-0.3, -0.25) is 0 Å². The number of rotatable bonds is 13. The van der Waals surface area contributed by atoms with E-state index in [0.29, 0.717) is 23.8 Å². The van der Waals surface area contributed by atoms with Crippen molar-refractivity contribution in [3.63, 3.8) is 0 Å². The molecule has 0 fully saturated rings. The van der Waals surface area contributed by atoms with Crippen molar-refractivity contribution < 1.29 is 19.0 Å². The molecule has 34 heavy (non-hydrogen) atoms. The van der Waals surface area contributed by atoms with Crippen LogP contribution in [0.3, 0.4) is 0 Å². The van der Waals surface area contributed by atoms with Crippen molar-refractivity contribution >= 4 is 5.97 Å². The Hall–Kier alpha value is -3.53. The van der Waals surface area contributed by atoms with Crippen LogP contribution in [0.2, 0.25) is 0 Å². The third-order valence-corrected chi connectivity index (χ3v) is 5.65. The molecule has 0 bridgehead atoms. The lowest BCUT2D eigenvalue weighted by Crippen LogP contribution is -2.08. The van der Waals surface area contributed by atoms with Crippen LogP contribution in [0.25, 0.3) is 11.1 Å². The van der Waals surface area contributed by atoms with E-state index in [2.05, 4.69) is 20.4 Å². The second-order valence-corrected chi connectivity index (χ2v) is 8.42. The first-order valence-corrected chi connectivity index (χ1v) is 12.0. The minimum Gasteiger partial charge on any atom is -0.494 e. The highest BCUT2D eigenvalue weighted by molar-refractivity contribution is 5.91. The molecule has 1 unspecified atom stereocenters. The van der Waals surface area contributed by atoms with Crippen LogP contribution in [-0.2, 0) is 0 Å². The topological polar surface area (TPSA) is 44.8 Å². The molecule has 0 heterocycles. The Kier molecular flexibility index (Phi) is 9.78. The number of ether oxygens (including phenoxy) is 3. The highest BCUT2D eigenvalue weighted by atomic mass is 16.5. The van der Waals surface area contributed by atoms with Crippen LogP contribution in [-0.4, -0.2) is 19.2 Å². The maximum absolute atomic E-state index is 12.5. The van der Waals surface area contributed by atoms with Crippen molar-refractivity contribution in [2.45, 2.75) is 39.5 Å². The van der Waals surface area contributed by atoms with Gasteiger partial charge in [-0.15, -0.1) is 6.58 Å². The summed E-state index contributed by atoms with van der Waals surface area (Å²) in [6.45, 7) is 9.44. The van der Waals surface area contributed by atoms with Gasteiger partial charge in [0.25, 0.3) is 0 Å². The van der Waals surface area contributed by atoms with Crippen molar-refractivity contribution in [1.82, 2.24) is 0 Å². The number of unbranched alkanes of at least 4 members (excludes halogenated alkanes) is 2. The SMILES string of the molecule is C=CCCCCOc1ccc(C(=O)Oc2ccc(-c3ccc(OCC(C)CC)cc3)cc2)cc1. The molecule has 178 valence electrons. The van der Waals surface area contributed by atoms with Crippen LogP contribution in [0.4, 0.5) is 0 Å². The Morgan fingerprint density at radius 1 is 0.824 bits per heavy atom. The highest BCUT2D eigenvalue weighted by Gasteiger charge is 2.09. The molecule has 0 aliphatic rings. The zero-order valence-corrected chi connectivity index (χ0v) is 20.2. The number of carbonyl (C=O) groups excluding carboxylic acids is 1. The molecule has 0 saturated carbocycles. The maximum Gasteiger partial charge on any atom is 0.343 e. The summed E-state index contributed by atoms with van der Waals surface area (Å²) in [5, 5.41) is 0. The standard InChI is InChI=1S/C30H34O4/c1-4-6-7-8-21-32-27-17-13-26(14-18-27)30(31)34-29-19-11-25(12-20-29)24-9-15-28(16-10-24)33-22-23(3)5-2/h4,9-20,23H,1,5-8,21-22H2,2-3H3. The number of hydrogen-bond donors (Lipinski definition) is 0. The van der Waals surface area contributed by atoms with Crippen molar-refractivity contribution in [3.05, 3.63) is 91.0 Å². The summed E-state index contributed by atoms with van der Waals surface area (Å²) in [4.78, 5) is 12.5. The van der Waals surface area contributed by atoms with Gasteiger partial charge in [0.05, 0.1) is 18.8 Å². The van der Waals surface area contributed by atoms with Gasteiger partial charge >= 0.3 is 5.97 Å². The highest BCUT2D eigenvalue weighted by Crippen LogP contribution is 2.25. The summed E-state index contributed by atoms with van der Waals surface area (Å²) in [5.41, 5.74) is 2.60. The lowest BCUT2D eigenvalue weighted by atomic mass is 10.1. The van der Waals surface area contributed by atoms with Gasteiger partial charge in [0.1, 0.15) is 17.2 Å². The van der Waals surface area contributed by atoms with E-state index >= 15 is 0 Å². The molecule has 0 radical (unpaired) electrons. The van der Waals surface area contributed by atoms with E-state index in [0.717, 1.165) is 54.9 Å². The first-order valence-electron chi connectivity index (χ1n) is 12.0. The molecule has 0 N–H and O–H groups in total. The van der Waals surface area contributed by atoms with E-state index in [4.69, 9.17) is 14.2 Å². The molecular weight excluding hydrogens is 424 g/mol. The molecule has 0 amide bonds. The zero-order chi connectivity index (χ0) is 24.2. The lowest BCUT2D eigenvalue weighted by molar-refractivity contribution is 0.0734. The average Bonchev–Trinajstić information content (AvgIpc) is 2.88. The van der Waals surface area contributed by atoms with Crippen LogP contribution in [0.15, 0.2) is 85.5 Å². The molecule has 0 saturated heterocycles. The third-order valence-electron chi connectivity index (χ3n) is 5.65. The van der Waals surface area contributed by atoms with Gasteiger partial charge in [-0.05, 0) is 84.8 Å². The first-order chi connectivity index (χ1) is 16.6. The molecule has 0 aliphatic heterocycles. The quantitative estimate of drug-likeness (QED) is 0.114. The molecule has 4 nitrogen and oxygen atoms in total. The van der Waals surface area contributed by atoms with Gasteiger partial charge in [0.2, 0.25) is 0 Å². The minimum absolute atomic E-state index is 0.395. The Morgan fingerprint density at radius 3 is 1.97 bits per heavy atom. The average molecular weight is 459 g/mol. The van der Waals surface area contributed by atoms with Gasteiger partial charge in [0.15, 0.2) is 0 Å². The van der Waals surface area contributed by atoms with E-state index in [-0.39, 0.29) is 0 Å². The second-order valence-electron chi connectivity index (χ2n) is 8.42. The normalized spacial score (nSPS) is 11.5. The van der Waals surface area contributed by atoms with E-state index in [1.165, 1.54) is 0 Å². The van der Waals surface area contributed by atoms with Crippen LogP contribution < -0.4 is 14.2 Å². The van der Waals surface area contributed by atoms with Gasteiger partial charge in [-0.1, -0.05) is 50.6 Å². The predicted octanol–water partition coefficient (Wildman–Crippen LogP) is 7.73. The van der Waals surface area contributed by atoms with Crippen LogP contribution >= 0.6 is 0 Å². The molecule has 0 aliphatic carbocycles. The fraction of sp³-hybridized carbons (Fsp3) is 0.300. The summed E-state index contributed by atoms with van der Waals surface area (Å²) in [5.74, 6) is 2.27. The summed E-state index contributed by atoms with van der Waals surface area (Å²) in [6.07, 6.45) is 6.04.